The molecule has 136 valence electrons. The summed E-state index contributed by atoms with van der Waals surface area (Å²) >= 11 is 0. The molecule has 0 aliphatic heterocycles. The maximum Gasteiger partial charge on any atom is 0.239 e. The van der Waals surface area contributed by atoms with Gasteiger partial charge >= 0.3 is 0 Å². The predicted molar refractivity (Wildman–Crippen MR) is 98.0 cm³/mol. The Labute approximate surface area is 151 Å². The van der Waals surface area contributed by atoms with Crippen molar-refractivity contribution < 1.29 is 18.7 Å². The number of hydrogen-bond donors (Lipinski definition) is 1. The second-order valence-corrected chi connectivity index (χ2v) is 5.87. The van der Waals surface area contributed by atoms with Crippen LogP contribution in [-0.4, -0.2) is 30.7 Å². The van der Waals surface area contributed by atoms with Gasteiger partial charge < -0.3 is 19.4 Å². The molecule has 3 rings (SSSR count). The van der Waals surface area contributed by atoms with Crippen LogP contribution >= 0.6 is 0 Å². The summed E-state index contributed by atoms with van der Waals surface area (Å²) in [5.41, 5.74) is 0.987. The molecule has 1 N–H and O–H groups in total. The van der Waals surface area contributed by atoms with Gasteiger partial charge in [-0.25, -0.2) is 4.39 Å². The first-order valence-corrected chi connectivity index (χ1v) is 8.43. The maximum absolute atomic E-state index is 12.8. The number of nitrogens with zero attached hydrogens (tertiary/aromatic N) is 1. The normalized spacial score (nSPS) is 10.7. The van der Waals surface area contributed by atoms with Crippen LogP contribution in [0, 0.1) is 5.82 Å². The van der Waals surface area contributed by atoms with Crippen LogP contribution in [0.1, 0.15) is 6.42 Å². The molecular formula is C20H21FN2O3. The molecule has 0 saturated carbocycles. The second kappa shape index (κ2) is 8.38. The van der Waals surface area contributed by atoms with E-state index < -0.39 is 0 Å². The van der Waals surface area contributed by atoms with Gasteiger partial charge in [0.25, 0.3) is 0 Å². The number of carbonyl (C=O) groups excluding carboxylic acids is 1. The van der Waals surface area contributed by atoms with Crippen LogP contribution in [0.2, 0.25) is 0 Å². The van der Waals surface area contributed by atoms with Gasteiger partial charge in [0.15, 0.2) is 0 Å². The molecule has 0 aliphatic carbocycles. The summed E-state index contributed by atoms with van der Waals surface area (Å²) in [6, 6.07) is 13.6. The fraction of sp³-hybridized carbons (Fsp3) is 0.250. The summed E-state index contributed by atoms with van der Waals surface area (Å²) in [7, 11) is 1.63. The number of carbonyl (C=O) groups is 1. The molecule has 2 aromatic carbocycles. The lowest BCUT2D eigenvalue weighted by Crippen LogP contribution is -2.29. The van der Waals surface area contributed by atoms with Gasteiger partial charge in [0, 0.05) is 23.6 Å². The zero-order chi connectivity index (χ0) is 18.4. The lowest BCUT2D eigenvalue weighted by atomic mass is 10.2. The summed E-state index contributed by atoms with van der Waals surface area (Å²) in [6.07, 6.45) is 2.56. The van der Waals surface area contributed by atoms with Crippen LogP contribution in [0.25, 0.3) is 10.9 Å². The van der Waals surface area contributed by atoms with E-state index in [-0.39, 0.29) is 18.3 Å². The minimum Gasteiger partial charge on any atom is -0.497 e. The highest BCUT2D eigenvalue weighted by Crippen LogP contribution is 2.21. The quantitative estimate of drug-likeness (QED) is 0.630. The van der Waals surface area contributed by atoms with Gasteiger partial charge in [-0.3, -0.25) is 4.79 Å². The van der Waals surface area contributed by atoms with Crippen molar-refractivity contribution in [2.75, 3.05) is 20.3 Å². The zero-order valence-corrected chi connectivity index (χ0v) is 14.6. The number of fused-ring (bicyclic) bond motifs is 1. The first-order chi connectivity index (χ1) is 12.7. The van der Waals surface area contributed by atoms with Crippen molar-refractivity contribution in [3.63, 3.8) is 0 Å². The first-order valence-electron chi connectivity index (χ1n) is 8.43. The van der Waals surface area contributed by atoms with E-state index in [2.05, 4.69) is 5.32 Å². The molecule has 0 fully saturated rings. The highest BCUT2D eigenvalue weighted by Gasteiger charge is 2.07. The predicted octanol–water partition coefficient (Wildman–Crippen LogP) is 3.37. The molecule has 3 aromatic rings. The number of benzene rings is 2. The lowest BCUT2D eigenvalue weighted by molar-refractivity contribution is -0.121. The Morgan fingerprint density at radius 2 is 1.88 bits per heavy atom. The van der Waals surface area contributed by atoms with Gasteiger partial charge in [0.05, 0.1) is 13.7 Å². The van der Waals surface area contributed by atoms with Crippen molar-refractivity contribution >= 4 is 16.8 Å². The second-order valence-electron chi connectivity index (χ2n) is 5.87. The van der Waals surface area contributed by atoms with E-state index in [9.17, 15) is 9.18 Å². The van der Waals surface area contributed by atoms with Crippen LogP contribution in [0.3, 0.4) is 0 Å². The molecule has 1 heterocycles. The zero-order valence-electron chi connectivity index (χ0n) is 14.6. The number of hydrogen-bond acceptors (Lipinski definition) is 3. The molecule has 0 aliphatic rings. The molecule has 5 nitrogen and oxygen atoms in total. The average Bonchev–Trinajstić information content (AvgIpc) is 3.05. The molecule has 0 spiro atoms. The highest BCUT2D eigenvalue weighted by atomic mass is 19.1. The van der Waals surface area contributed by atoms with Crippen LogP contribution in [0.4, 0.5) is 4.39 Å². The summed E-state index contributed by atoms with van der Waals surface area (Å²) in [5, 5.41) is 3.91. The third-order valence-corrected chi connectivity index (χ3v) is 4.02. The van der Waals surface area contributed by atoms with Crippen LogP contribution in [0.15, 0.2) is 54.7 Å². The van der Waals surface area contributed by atoms with Gasteiger partial charge in [-0.2, -0.15) is 0 Å². The fourth-order valence-electron chi connectivity index (χ4n) is 2.67. The monoisotopic (exact) mass is 356 g/mol. The summed E-state index contributed by atoms with van der Waals surface area (Å²) in [5.74, 6) is 1.06. The van der Waals surface area contributed by atoms with E-state index in [1.54, 1.807) is 19.2 Å². The summed E-state index contributed by atoms with van der Waals surface area (Å²) in [6.45, 7) is 1.24. The minimum absolute atomic E-state index is 0.0555. The van der Waals surface area contributed by atoms with Crippen molar-refractivity contribution in [3.8, 4) is 11.5 Å². The first kappa shape index (κ1) is 17.8. The maximum atomic E-state index is 12.8. The molecule has 1 aromatic heterocycles. The Balaban J connectivity index is 1.42. The molecule has 1 amide bonds. The van der Waals surface area contributed by atoms with E-state index in [1.165, 1.54) is 12.1 Å². The Morgan fingerprint density at radius 3 is 2.65 bits per heavy atom. The molecule has 0 atom stereocenters. The highest BCUT2D eigenvalue weighted by molar-refractivity contribution is 5.84. The topological polar surface area (TPSA) is 52.5 Å². The van der Waals surface area contributed by atoms with E-state index in [0.717, 1.165) is 16.7 Å². The number of halogens is 1. The lowest BCUT2D eigenvalue weighted by Gasteiger charge is -2.09. The van der Waals surface area contributed by atoms with Crippen molar-refractivity contribution in [2.24, 2.45) is 0 Å². The number of aromatic nitrogens is 1. The van der Waals surface area contributed by atoms with Crippen molar-refractivity contribution in [2.45, 2.75) is 13.0 Å². The van der Waals surface area contributed by atoms with Crippen LogP contribution in [0.5, 0.6) is 11.5 Å². The third-order valence-electron chi connectivity index (χ3n) is 4.02. The van der Waals surface area contributed by atoms with Gasteiger partial charge in [0.2, 0.25) is 5.91 Å². The van der Waals surface area contributed by atoms with E-state index in [4.69, 9.17) is 9.47 Å². The Morgan fingerprint density at radius 1 is 1.12 bits per heavy atom. The molecule has 0 bridgehead atoms. The summed E-state index contributed by atoms with van der Waals surface area (Å²) in [4.78, 5) is 12.1. The smallest absolute Gasteiger partial charge is 0.239 e. The van der Waals surface area contributed by atoms with Crippen molar-refractivity contribution in [3.05, 3.63) is 60.5 Å². The third kappa shape index (κ3) is 4.53. The minimum atomic E-state index is -0.291. The molecule has 0 unspecified atom stereocenters. The van der Waals surface area contributed by atoms with Gasteiger partial charge in [-0.05, 0) is 55.0 Å². The number of amides is 1. The van der Waals surface area contributed by atoms with E-state index >= 15 is 0 Å². The van der Waals surface area contributed by atoms with Crippen molar-refractivity contribution in [1.29, 1.82) is 0 Å². The van der Waals surface area contributed by atoms with Gasteiger partial charge in [0.1, 0.15) is 23.9 Å². The molecular weight excluding hydrogens is 335 g/mol. The molecule has 6 heteroatoms. The van der Waals surface area contributed by atoms with Crippen molar-refractivity contribution in [1.82, 2.24) is 9.88 Å². The number of rotatable bonds is 8. The van der Waals surface area contributed by atoms with E-state index in [1.807, 2.05) is 35.0 Å². The molecule has 0 saturated heterocycles. The molecule has 0 radical (unpaired) electrons. The van der Waals surface area contributed by atoms with E-state index in [0.29, 0.717) is 25.3 Å². The van der Waals surface area contributed by atoms with Crippen LogP contribution in [-0.2, 0) is 11.3 Å². The number of nitrogens with one attached hydrogen (secondary N) is 1. The van der Waals surface area contributed by atoms with Gasteiger partial charge in [-0.15, -0.1) is 0 Å². The molecule has 26 heavy (non-hydrogen) atoms. The average molecular weight is 356 g/mol. The van der Waals surface area contributed by atoms with Crippen LogP contribution < -0.4 is 14.8 Å². The Kier molecular flexibility index (Phi) is 5.73. The largest absolute Gasteiger partial charge is 0.497 e. The summed E-state index contributed by atoms with van der Waals surface area (Å²) < 4.78 is 25.4. The Bertz CT molecular complexity index is 874. The number of ether oxygens (including phenoxy) is 2. The standard InChI is InChI=1S/C20H21FN2O3/c1-25-18-7-8-19-15(13-18)9-11-23(19)14-20(24)22-10-2-12-26-17-5-3-16(21)4-6-17/h3-9,11,13H,2,10,12,14H2,1H3,(H,22,24). The Hall–Kier alpha value is -3.02. The number of methoxy groups -OCH3 is 1. The SMILES string of the molecule is COc1ccc2c(ccn2CC(=O)NCCCOc2ccc(F)cc2)c1. The van der Waals surface area contributed by atoms with Gasteiger partial charge in [-0.1, -0.05) is 0 Å². The fourth-order valence-corrected chi connectivity index (χ4v) is 2.67.